The van der Waals surface area contributed by atoms with Crippen molar-refractivity contribution < 1.29 is 4.74 Å². The van der Waals surface area contributed by atoms with Crippen LogP contribution in [0, 0.1) is 13.8 Å². The Hall–Kier alpha value is -1.03. The quantitative estimate of drug-likeness (QED) is 0.699. The van der Waals surface area contributed by atoms with Gasteiger partial charge in [-0.2, -0.15) is 5.10 Å². The average molecular weight is 267 g/mol. The summed E-state index contributed by atoms with van der Waals surface area (Å²) in [6.07, 6.45) is 5.18. The lowest BCUT2D eigenvalue weighted by Gasteiger charge is -2.14. The molecule has 0 bridgehead atoms. The van der Waals surface area contributed by atoms with Crippen LogP contribution in [0.3, 0.4) is 0 Å². The van der Waals surface area contributed by atoms with Gasteiger partial charge in [-0.1, -0.05) is 26.2 Å². The number of aryl methyl sites for hydroxylation is 2. The summed E-state index contributed by atoms with van der Waals surface area (Å²) in [6.45, 7) is 10.1. The lowest BCUT2D eigenvalue weighted by molar-refractivity contribution is 0.300. The molecule has 0 saturated carbocycles. The molecular formula is C15H29N3O. The highest BCUT2D eigenvalue weighted by atomic mass is 16.5. The molecule has 0 saturated heterocycles. The largest absolute Gasteiger partial charge is 0.488 e. The fourth-order valence-corrected chi connectivity index (χ4v) is 2.22. The first-order valence-electron chi connectivity index (χ1n) is 7.42. The van der Waals surface area contributed by atoms with E-state index in [0.717, 1.165) is 23.7 Å². The lowest BCUT2D eigenvalue weighted by Crippen LogP contribution is -2.30. The van der Waals surface area contributed by atoms with E-state index in [-0.39, 0.29) is 0 Å². The molecule has 1 unspecified atom stereocenters. The second kappa shape index (κ2) is 8.20. The van der Waals surface area contributed by atoms with E-state index in [4.69, 9.17) is 4.74 Å². The average Bonchev–Trinajstić information content (AvgIpc) is 2.60. The van der Waals surface area contributed by atoms with Gasteiger partial charge in [-0.05, 0) is 27.2 Å². The molecule has 0 aliphatic rings. The Bertz CT molecular complexity index is 374. The molecule has 0 aliphatic carbocycles. The minimum atomic E-state index is 0.575. The van der Waals surface area contributed by atoms with Crippen molar-refractivity contribution in [3.8, 4) is 5.75 Å². The van der Waals surface area contributed by atoms with Crippen molar-refractivity contribution >= 4 is 0 Å². The van der Waals surface area contributed by atoms with Crippen molar-refractivity contribution in [3.05, 3.63) is 11.4 Å². The summed E-state index contributed by atoms with van der Waals surface area (Å²) < 4.78 is 7.69. The van der Waals surface area contributed by atoms with E-state index in [1.165, 1.54) is 25.7 Å². The Morgan fingerprint density at radius 3 is 2.63 bits per heavy atom. The molecule has 1 N–H and O–H groups in total. The lowest BCUT2D eigenvalue weighted by atomic mass is 10.1. The third-order valence-corrected chi connectivity index (χ3v) is 3.52. The van der Waals surface area contributed by atoms with Crippen molar-refractivity contribution in [2.45, 2.75) is 59.4 Å². The van der Waals surface area contributed by atoms with Gasteiger partial charge in [0.05, 0.1) is 5.69 Å². The van der Waals surface area contributed by atoms with Crippen LogP contribution in [0.25, 0.3) is 0 Å². The summed E-state index contributed by atoms with van der Waals surface area (Å²) in [6, 6.07) is 0.575. The zero-order valence-electron chi connectivity index (χ0n) is 13.1. The SMILES string of the molecule is CCCCCC(C)NCCOc1c(C)nn(C)c1C. The van der Waals surface area contributed by atoms with Gasteiger partial charge in [-0.3, -0.25) is 4.68 Å². The standard InChI is InChI=1S/C15H29N3O/c1-6-7-8-9-12(2)16-10-11-19-15-13(3)17-18(5)14(15)4/h12,16H,6-11H2,1-5H3. The van der Waals surface area contributed by atoms with E-state index in [9.17, 15) is 0 Å². The Labute approximate surface area is 117 Å². The molecule has 110 valence electrons. The minimum absolute atomic E-state index is 0.575. The van der Waals surface area contributed by atoms with Crippen molar-refractivity contribution in [3.63, 3.8) is 0 Å². The monoisotopic (exact) mass is 267 g/mol. The third-order valence-electron chi connectivity index (χ3n) is 3.52. The highest BCUT2D eigenvalue weighted by molar-refractivity contribution is 5.31. The van der Waals surface area contributed by atoms with Crippen LogP contribution in [-0.2, 0) is 7.05 Å². The Morgan fingerprint density at radius 2 is 2.05 bits per heavy atom. The van der Waals surface area contributed by atoms with E-state index < -0.39 is 0 Å². The van der Waals surface area contributed by atoms with Gasteiger partial charge in [-0.25, -0.2) is 0 Å². The first-order valence-corrected chi connectivity index (χ1v) is 7.42. The van der Waals surface area contributed by atoms with Gasteiger partial charge in [0, 0.05) is 19.6 Å². The van der Waals surface area contributed by atoms with Gasteiger partial charge in [0.1, 0.15) is 12.3 Å². The van der Waals surface area contributed by atoms with Crippen molar-refractivity contribution in [2.75, 3.05) is 13.2 Å². The highest BCUT2D eigenvalue weighted by Crippen LogP contribution is 2.20. The van der Waals surface area contributed by atoms with Crippen LogP contribution in [0.5, 0.6) is 5.75 Å². The topological polar surface area (TPSA) is 39.1 Å². The number of ether oxygens (including phenoxy) is 1. The number of nitrogens with zero attached hydrogens (tertiary/aromatic N) is 2. The fraction of sp³-hybridized carbons (Fsp3) is 0.800. The number of unbranched alkanes of at least 4 members (excludes halogenated alkanes) is 2. The maximum Gasteiger partial charge on any atom is 0.163 e. The molecule has 0 spiro atoms. The molecule has 4 nitrogen and oxygen atoms in total. The number of hydrogen-bond acceptors (Lipinski definition) is 3. The van der Waals surface area contributed by atoms with Gasteiger partial charge in [-0.15, -0.1) is 0 Å². The summed E-state index contributed by atoms with van der Waals surface area (Å²) in [5.41, 5.74) is 2.06. The predicted molar refractivity (Wildman–Crippen MR) is 79.8 cm³/mol. The molecule has 0 aliphatic heterocycles. The molecule has 1 heterocycles. The van der Waals surface area contributed by atoms with E-state index in [1.807, 2.05) is 25.6 Å². The molecule has 0 aromatic carbocycles. The first-order chi connectivity index (χ1) is 9.06. The summed E-state index contributed by atoms with van der Waals surface area (Å²) in [5, 5.41) is 7.85. The molecule has 1 rings (SSSR count). The van der Waals surface area contributed by atoms with E-state index >= 15 is 0 Å². The van der Waals surface area contributed by atoms with Gasteiger partial charge in [0.15, 0.2) is 5.75 Å². The summed E-state index contributed by atoms with van der Waals surface area (Å²) in [4.78, 5) is 0. The van der Waals surface area contributed by atoms with E-state index in [2.05, 4.69) is 24.3 Å². The van der Waals surface area contributed by atoms with Crippen LogP contribution in [-0.4, -0.2) is 29.0 Å². The second-order valence-electron chi connectivity index (χ2n) is 5.32. The Morgan fingerprint density at radius 1 is 1.32 bits per heavy atom. The molecule has 19 heavy (non-hydrogen) atoms. The van der Waals surface area contributed by atoms with Crippen LogP contribution >= 0.6 is 0 Å². The number of aromatic nitrogens is 2. The van der Waals surface area contributed by atoms with Crippen molar-refractivity contribution in [1.29, 1.82) is 0 Å². The molecule has 4 heteroatoms. The normalized spacial score (nSPS) is 12.7. The Balaban J connectivity index is 2.20. The predicted octanol–water partition coefficient (Wildman–Crippen LogP) is 2.97. The molecule has 1 aromatic heterocycles. The fourth-order valence-electron chi connectivity index (χ4n) is 2.22. The van der Waals surface area contributed by atoms with Gasteiger partial charge >= 0.3 is 0 Å². The maximum absolute atomic E-state index is 5.82. The van der Waals surface area contributed by atoms with E-state index in [0.29, 0.717) is 12.6 Å². The number of hydrogen-bond donors (Lipinski definition) is 1. The summed E-state index contributed by atoms with van der Waals surface area (Å²) >= 11 is 0. The molecule has 1 aromatic rings. The summed E-state index contributed by atoms with van der Waals surface area (Å²) in [5.74, 6) is 0.933. The van der Waals surface area contributed by atoms with Crippen LogP contribution in [0.4, 0.5) is 0 Å². The molecule has 0 radical (unpaired) electrons. The second-order valence-corrected chi connectivity index (χ2v) is 5.32. The van der Waals surface area contributed by atoms with Gasteiger partial charge < -0.3 is 10.1 Å². The van der Waals surface area contributed by atoms with Crippen LogP contribution in [0.1, 0.15) is 50.9 Å². The zero-order valence-corrected chi connectivity index (χ0v) is 13.1. The highest BCUT2D eigenvalue weighted by Gasteiger charge is 2.10. The molecule has 0 fully saturated rings. The van der Waals surface area contributed by atoms with Gasteiger partial charge in [0.25, 0.3) is 0 Å². The minimum Gasteiger partial charge on any atom is -0.488 e. The molecule has 0 amide bonds. The van der Waals surface area contributed by atoms with Crippen LogP contribution in [0.15, 0.2) is 0 Å². The van der Waals surface area contributed by atoms with E-state index in [1.54, 1.807) is 0 Å². The van der Waals surface area contributed by atoms with Crippen molar-refractivity contribution in [2.24, 2.45) is 7.05 Å². The first kappa shape index (κ1) is 16.0. The molecule has 1 atom stereocenters. The number of rotatable bonds is 9. The summed E-state index contributed by atoms with van der Waals surface area (Å²) in [7, 11) is 1.95. The smallest absolute Gasteiger partial charge is 0.163 e. The zero-order chi connectivity index (χ0) is 14.3. The van der Waals surface area contributed by atoms with Crippen LogP contribution < -0.4 is 10.1 Å². The maximum atomic E-state index is 5.82. The van der Waals surface area contributed by atoms with Gasteiger partial charge in [0.2, 0.25) is 0 Å². The third kappa shape index (κ3) is 5.23. The Kier molecular flexibility index (Phi) is 6.92. The molecular weight excluding hydrogens is 238 g/mol. The van der Waals surface area contributed by atoms with Crippen LogP contribution in [0.2, 0.25) is 0 Å². The number of nitrogens with one attached hydrogen (secondary N) is 1. The van der Waals surface area contributed by atoms with Crippen molar-refractivity contribution in [1.82, 2.24) is 15.1 Å².